The Hall–Kier alpha value is -3.81. The standard InChI is InChI=1S/C20H34O2.C19H29F3O2.C18H30O2.C16H28O2.C14H21F3O2.C10H17F3O2/c1-8-17(3,4)16(21)22-19(7)12-20-11-15(19)18(5,6)14(20)10-9-13(20)2;1-5-17(4,19(20,21)22)15(23)24-16(2,3)18-9-12-6-13(10-18)8-14(7-12)11-18;1-5-12(2)16(19)20-17(3,4)18-9-13-6-14(10-18)8-15(7-13)11-18;1-10(2)11(3)14(17)18-16(6)8-7-12-9-13(16)15(12,4)5;1-4-12(2,14(15,16)17)11(18)19-13(3)8-9-5-6-10(13)7-9;1-6-9(5,10(11,12)13)7(14)15-8(2,3)4/h13-15H,8-12H2,1-7H3;12-14H,5-11H2,1-4H3;12-15H,5-11H2,1-4H3;10-13H,7-9H2,1-6H3;9-10H,4-8H2,1-3H3;6H2,1-5H3. The van der Waals surface area contributed by atoms with Gasteiger partial charge >= 0.3 is 54.3 Å². The van der Waals surface area contributed by atoms with Gasteiger partial charge in [0.15, 0.2) is 16.2 Å². The highest BCUT2D eigenvalue weighted by Gasteiger charge is 2.74. The highest BCUT2D eigenvalue weighted by atomic mass is 19.4. The number of fused-ring (bicyclic) bond motifs is 5. The molecule has 16 unspecified atom stereocenters. The monoisotopic (exact) mass is 1690 g/mol. The van der Waals surface area contributed by atoms with Crippen LogP contribution in [0.25, 0.3) is 0 Å². The molecule has 118 heavy (non-hydrogen) atoms. The summed E-state index contributed by atoms with van der Waals surface area (Å²) in [6.45, 7) is 53.9. The molecule has 16 fully saturated rings. The molecule has 16 atom stereocenters. The summed E-state index contributed by atoms with van der Waals surface area (Å²) in [5.74, 6) is 5.91. The maximum absolute atomic E-state index is 13.4. The fourth-order valence-corrected chi connectivity index (χ4v) is 25.9. The maximum atomic E-state index is 13.4. The molecule has 16 saturated carbocycles. The van der Waals surface area contributed by atoms with Gasteiger partial charge in [0.2, 0.25) is 0 Å². The zero-order valence-electron chi connectivity index (χ0n) is 78.3. The van der Waals surface area contributed by atoms with Crippen molar-refractivity contribution >= 4 is 35.8 Å². The number of alkyl halides is 9. The average Bonchev–Trinajstić information content (AvgIpc) is 1.51. The van der Waals surface area contributed by atoms with Crippen LogP contribution in [0.4, 0.5) is 39.5 Å². The minimum Gasteiger partial charge on any atom is -0.459 e. The Morgan fingerprint density at radius 3 is 1.15 bits per heavy atom. The molecular weight excluding hydrogens is 1530 g/mol. The lowest BCUT2D eigenvalue weighted by molar-refractivity contribution is -0.250. The van der Waals surface area contributed by atoms with Crippen molar-refractivity contribution in [2.75, 3.05) is 0 Å². The van der Waals surface area contributed by atoms with Gasteiger partial charge < -0.3 is 28.4 Å². The van der Waals surface area contributed by atoms with Gasteiger partial charge in [0.05, 0.1) is 17.3 Å². The second-order valence-corrected chi connectivity index (χ2v) is 46.4. The van der Waals surface area contributed by atoms with Gasteiger partial charge in [0.1, 0.15) is 33.6 Å². The van der Waals surface area contributed by atoms with Gasteiger partial charge in [0.25, 0.3) is 0 Å². The third-order valence-electron chi connectivity index (χ3n) is 35.5. The molecule has 14 bridgehead atoms. The van der Waals surface area contributed by atoms with Gasteiger partial charge in [-0.05, 0) is 371 Å². The van der Waals surface area contributed by atoms with Crippen LogP contribution < -0.4 is 0 Å². The van der Waals surface area contributed by atoms with Crippen LogP contribution in [-0.2, 0) is 57.2 Å². The van der Waals surface area contributed by atoms with Crippen LogP contribution in [0.15, 0.2) is 0 Å². The summed E-state index contributed by atoms with van der Waals surface area (Å²) in [7, 11) is 0. The number of halogens is 9. The summed E-state index contributed by atoms with van der Waals surface area (Å²) in [5.41, 5.74) is -9.60. The largest absolute Gasteiger partial charge is 0.459 e. The molecular formula is C97H159F9O12. The SMILES string of the molecule is CC(C)C(C)C(=O)OC1(C)CCC2CC1C2(C)C.CCC(C)(C(=O)OC(C)(C)C)C(F)(F)F.CCC(C)(C(=O)OC(C)(C)C12CC3CC(CC(C3)C1)C2)C(F)(F)F.CCC(C)(C(=O)OC1(C)CC2CCC1C2)C(F)(F)F.CCC(C)(C)C(=O)OC1(C)CC23CC1C(C)(C)C2CCC3C.CCC(C)C(=O)OC(C)(C)C12CC3CC(CC(C3)C1)C2. The molecule has 682 valence electrons. The smallest absolute Gasteiger partial charge is 0.404 e. The second kappa shape index (κ2) is 34.2. The van der Waals surface area contributed by atoms with Gasteiger partial charge in [-0.2, -0.15) is 39.5 Å². The number of carbonyl (C=O) groups is 6. The summed E-state index contributed by atoms with van der Waals surface area (Å²) in [6.07, 6.45) is 14.3. The lowest BCUT2D eigenvalue weighted by Gasteiger charge is -2.63. The molecule has 0 N–H and O–H groups in total. The minimum absolute atomic E-state index is 0.000509. The normalized spacial score (nSPS) is 37.3. The van der Waals surface area contributed by atoms with Gasteiger partial charge in [-0.1, -0.05) is 96.9 Å². The molecule has 0 aromatic heterocycles. The van der Waals surface area contributed by atoms with Crippen LogP contribution in [0.5, 0.6) is 0 Å². The van der Waals surface area contributed by atoms with Crippen LogP contribution in [0.3, 0.4) is 0 Å². The summed E-state index contributed by atoms with van der Waals surface area (Å²) in [4.78, 5) is 73.1. The van der Waals surface area contributed by atoms with E-state index in [1.54, 1.807) is 6.92 Å². The van der Waals surface area contributed by atoms with Gasteiger partial charge in [-0.15, -0.1) is 0 Å². The molecule has 0 saturated heterocycles. The zero-order valence-corrected chi connectivity index (χ0v) is 78.3. The molecule has 0 aromatic carbocycles. The minimum atomic E-state index is -4.59. The summed E-state index contributed by atoms with van der Waals surface area (Å²) < 4.78 is 151. The van der Waals surface area contributed by atoms with E-state index in [9.17, 15) is 68.3 Å². The average molecular weight is 1690 g/mol. The van der Waals surface area contributed by atoms with Crippen molar-refractivity contribution in [1.29, 1.82) is 0 Å². The van der Waals surface area contributed by atoms with E-state index < -0.39 is 69.5 Å². The molecule has 0 amide bonds. The van der Waals surface area contributed by atoms with Crippen molar-refractivity contribution in [3.05, 3.63) is 0 Å². The number of esters is 6. The Kier molecular flexibility index (Phi) is 28.8. The highest BCUT2D eigenvalue weighted by Crippen LogP contribution is 2.77. The van der Waals surface area contributed by atoms with E-state index in [4.69, 9.17) is 28.4 Å². The highest BCUT2D eigenvalue weighted by molar-refractivity contribution is 5.79. The van der Waals surface area contributed by atoms with E-state index in [-0.39, 0.29) is 88.0 Å². The number of carbonyl (C=O) groups excluding carboxylic acids is 6. The molecule has 16 aliphatic carbocycles. The van der Waals surface area contributed by atoms with Crippen molar-refractivity contribution < 1.29 is 96.7 Å². The summed E-state index contributed by atoms with van der Waals surface area (Å²) >= 11 is 0. The maximum Gasteiger partial charge on any atom is 0.404 e. The number of hydrogen-bond donors (Lipinski definition) is 0. The molecule has 0 aromatic rings. The first-order chi connectivity index (χ1) is 53.5. The van der Waals surface area contributed by atoms with Gasteiger partial charge in [-0.25, -0.2) is 0 Å². The van der Waals surface area contributed by atoms with Crippen LogP contribution in [0.1, 0.15) is 381 Å². The summed E-state index contributed by atoms with van der Waals surface area (Å²) in [6, 6.07) is 0. The molecule has 12 nitrogen and oxygen atoms in total. The molecule has 1 spiro atoms. The van der Waals surface area contributed by atoms with Crippen LogP contribution >= 0.6 is 0 Å². The molecule has 16 rings (SSSR count). The van der Waals surface area contributed by atoms with Crippen molar-refractivity contribution in [1.82, 2.24) is 0 Å². The number of ether oxygens (including phenoxy) is 6. The number of rotatable bonds is 19. The Morgan fingerprint density at radius 2 is 0.797 bits per heavy atom. The first-order valence-corrected chi connectivity index (χ1v) is 46.1. The van der Waals surface area contributed by atoms with Crippen LogP contribution in [0, 0.1) is 143 Å². The van der Waals surface area contributed by atoms with Crippen molar-refractivity contribution in [3.8, 4) is 0 Å². The van der Waals surface area contributed by atoms with E-state index in [1.165, 1.54) is 131 Å². The molecule has 16 aliphatic rings. The predicted octanol–water partition coefficient (Wildman–Crippen LogP) is 26.7. The Labute approximate surface area is 705 Å². The predicted molar refractivity (Wildman–Crippen MR) is 443 cm³/mol. The summed E-state index contributed by atoms with van der Waals surface area (Å²) in [5, 5.41) is 0. The zero-order chi connectivity index (χ0) is 89.7. The van der Waals surface area contributed by atoms with Crippen molar-refractivity contribution in [2.24, 2.45) is 143 Å². The van der Waals surface area contributed by atoms with E-state index in [0.717, 1.165) is 120 Å². The van der Waals surface area contributed by atoms with E-state index in [2.05, 4.69) is 90.0 Å². The van der Waals surface area contributed by atoms with Crippen molar-refractivity contribution in [2.45, 2.75) is 433 Å². The van der Waals surface area contributed by atoms with Gasteiger partial charge in [0, 0.05) is 22.7 Å². The van der Waals surface area contributed by atoms with Crippen LogP contribution in [-0.4, -0.2) is 88.0 Å². The topological polar surface area (TPSA) is 158 Å². The first-order valence-electron chi connectivity index (χ1n) is 46.1. The van der Waals surface area contributed by atoms with E-state index in [0.29, 0.717) is 64.1 Å². The fourth-order valence-electron chi connectivity index (χ4n) is 25.9. The first kappa shape index (κ1) is 99.6. The van der Waals surface area contributed by atoms with Gasteiger partial charge in [-0.3, -0.25) is 28.8 Å². The third-order valence-corrected chi connectivity index (χ3v) is 35.5. The molecule has 0 heterocycles. The third kappa shape index (κ3) is 19.1. The number of hydrogen-bond acceptors (Lipinski definition) is 12. The second-order valence-electron chi connectivity index (χ2n) is 46.4. The molecule has 0 radical (unpaired) electrons. The lowest BCUT2D eigenvalue weighted by Crippen LogP contribution is -2.61. The van der Waals surface area contributed by atoms with Crippen LogP contribution in [0.2, 0.25) is 0 Å². The Balaban J connectivity index is 0.000000178. The van der Waals surface area contributed by atoms with E-state index in [1.807, 2.05) is 41.5 Å². The van der Waals surface area contributed by atoms with Crippen molar-refractivity contribution in [3.63, 3.8) is 0 Å². The Morgan fingerprint density at radius 1 is 0.381 bits per heavy atom. The fraction of sp³-hybridized carbons (Fsp3) is 0.938. The quantitative estimate of drug-likeness (QED) is 0.0686. The molecule has 21 heteroatoms. The molecule has 0 aliphatic heterocycles. The lowest BCUT2D eigenvalue weighted by atomic mass is 9.44. The Bertz CT molecular complexity index is 3470. The van der Waals surface area contributed by atoms with E-state index >= 15 is 0 Å².